The van der Waals surface area contributed by atoms with Crippen molar-refractivity contribution in [2.75, 3.05) is 6.61 Å². The van der Waals surface area contributed by atoms with Gasteiger partial charge in [0.2, 0.25) is 0 Å². The van der Waals surface area contributed by atoms with E-state index in [-0.39, 0.29) is 17.9 Å². The summed E-state index contributed by atoms with van der Waals surface area (Å²) in [7, 11) is 0. The minimum absolute atomic E-state index is 0.0571. The van der Waals surface area contributed by atoms with E-state index < -0.39 is 16.7 Å². The van der Waals surface area contributed by atoms with Crippen LogP contribution >= 0.6 is 0 Å². The van der Waals surface area contributed by atoms with Gasteiger partial charge in [0.15, 0.2) is 0 Å². The van der Waals surface area contributed by atoms with Gasteiger partial charge in [-0.1, -0.05) is 0 Å². The quantitative estimate of drug-likeness (QED) is 0.593. The van der Waals surface area contributed by atoms with Crippen LogP contribution in [0.5, 0.6) is 0 Å². The van der Waals surface area contributed by atoms with Gasteiger partial charge in [-0.15, -0.1) is 0 Å². The fourth-order valence-electron chi connectivity index (χ4n) is 1.06. The van der Waals surface area contributed by atoms with Crippen LogP contribution in [0.15, 0.2) is 18.2 Å². The second kappa shape index (κ2) is 4.15. The van der Waals surface area contributed by atoms with Crippen LogP contribution in [0.25, 0.3) is 0 Å². The molecule has 1 N–H and O–H groups in total. The topological polar surface area (TPSA) is 63.4 Å². The third-order valence-electron chi connectivity index (χ3n) is 1.85. The predicted molar refractivity (Wildman–Crippen MR) is 48.2 cm³/mol. The summed E-state index contributed by atoms with van der Waals surface area (Å²) in [5, 5.41) is 19.1. The molecule has 0 saturated heterocycles. The van der Waals surface area contributed by atoms with Crippen LogP contribution in [0.1, 0.15) is 11.5 Å². The second-order valence-electron chi connectivity index (χ2n) is 2.84. The lowest BCUT2D eigenvalue weighted by atomic mass is 10.0. The number of hydrogen-bond acceptors (Lipinski definition) is 3. The van der Waals surface area contributed by atoms with Crippen molar-refractivity contribution in [2.45, 2.75) is 5.92 Å². The Morgan fingerprint density at radius 1 is 1.64 bits per heavy atom. The maximum atomic E-state index is 13.1. The van der Waals surface area contributed by atoms with E-state index >= 15 is 0 Å². The number of hydrogen-bond donors (Lipinski definition) is 1. The SMILES string of the molecule is [CH2]C(CO)c1cc([N+](=O)[O-])ccc1F. The van der Waals surface area contributed by atoms with Crippen LogP contribution in [0, 0.1) is 22.9 Å². The molecule has 4 nitrogen and oxygen atoms in total. The minimum atomic E-state index is -0.685. The molecule has 0 aliphatic heterocycles. The summed E-state index contributed by atoms with van der Waals surface area (Å²) >= 11 is 0. The summed E-state index contributed by atoms with van der Waals surface area (Å²) < 4.78 is 13.1. The molecule has 5 heteroatoms. The number of benzene rings is 1. The summed E-state index contributed by atoms with van der Waals surface area (Å²) in [5.41, 5.74) is -0.148. The minimum Gasteiger partial charge on any atom is -0.396 e. The fourth-order valence-corrected chi connectivity index (χ4v) is 1.06. The van der Waals surface area contributed by atoms with E-state index in [4.69, 9.17) is 5.11 Å². The van der Waals surface area contributed by atoms with Crippen molar-refractivity contribution < 1.29 is 14.4 Å². The molecule has 1 aromatic rings. The smallest absolute Gasteiger partial charge is 0.269 e. The summed E-state index contributed by atoms with van der Waals surface area (Å²) in [6.45, 7) is 3.13. The van der Waals surface area contributed by atoms with Crippen LogP contribution in [0.4, 0.5) is 10.1 Å². The first-order valence-electron chi connectivity index (χ1n) is 3.94. The molecule has 0 aliphatic carbocycles. The lowest BCUT2D eigenvalue weighted by molar-refractivity contribution is -0.385. The zero-order chi connectivity index (χ0) is 10.7. The zero-order valence-electron chi connectivity index (χ0n) is 7.31. The summed E-state index contributed by atoms with van der Waals surface area (Å²) in [6, 6.07) is 3.16. The first-order chi connectivity index (χ1) is 6.56. The molecule has 1 atom stereocenters. The average molecular weight is 198 g/mol. The van der Waals surface area contributed by atoms with Gasteiger partial charge in [0.25, 0.3) is 5.69 Å². The van der Waals surface area contributed by atoms with Crippen LogP contribution in [0.2, 0.25) is 0 Å². The first kappa shape index (κ1) is 10.6. The number of aliphatic hydroxyl groups is 1. The Morgan fingerprint density at radius 3 is 2.79 bits per heavy atom. The second-order valence-corrected chi connectivity index (χ2v) is 2.84. The standard InChI is InChI=1S/C9H9FNO3/c1-6(5-12)8-4-7(11(13)14)2-3-9(8)10/h2-4,6,12H,1,5H2. The van der Waals surface area contributed by atoms with Crippen molar-refractivity contribution in [1.29, 1.82) is 0 Å². The molecule has 1 aromatic carbocycles. The van der Waals surface area contributed by atoms with E-state index in [0.29, 0.717) is 0 Å². The van der Waals surface area contributed by atoms with Gasteiger partial charge in [0.1, 0.15) is 5.82 Å². The number of aliphatic hydroxyl groups excluding tert-OH is 1. The molecule has 1 unspecified atom stereocenters. The van der Waals surface area contributed by atoms with Crippen LogP contribution in [0.3, 0.4) is 0 Å². The fraction of sp³-hybridized carbons (Fsp3) is 0.222. The van der Waals surface area contributed by atoms with E-state index in [1.807, 2.05) is 0 Å². The molecule has 14 heavy (non-hydrogen) atoms. The lowest BCUT2D eigenvalue weighted by Crippen LogP contribution is -2.03. The molecule has 0 heterocycles. The molecule has 0 saturated carbocycles. The third kappa shape index (κ3) is 2.05. The highest BCUT2D eigenvalue weighted by Crippen LogP contribution is 2.23. The van der Waals surface area contributed by atoms with Gasteiger partial charge >= 0.3 is 0 Å². The third-order valence-corrected chi connectivity index (χ3v) is 1.85. The normalized spacial score (nSPS) is 12.5. The number of nitrogens with zero attached hydrogens (tertiary/aromatic N) is 1. The molecule has 75 valence electrons. The zero-order valence-corrected chi connectivity index (χ0v) is 7.31. The number of nitro groups is 1. The van der Waals surface area contributed by atoms with Gasteiger partial charge in [-0.3, -0.25) is 10.1 Å². The molecule has 0 amide bonds. The number of rotatable bonds is 3. The van der Waals surface area contributed by atoms with Gasteiger partial charge in [0.05, 0.1) is 11.5 Å². The number of nitro benzene ring substituents is 1. The van der Waals surface area contributed by atoms with Crippen molar-refractivity contribution in [1.82, 2.24) is 0 Å². The van der Waals surface area contributed by atoms with Crippen LogP contribution < -0.4 is 0 Å². The largest absolute Gasteiger partial charge is 0.396 e. The highest BCUT2D eigenvalue weighted by atomic mass is 19.1. The Morgan fingerprint density at radius 2 is 2.29 bits per heavy atom. The van der Waals surface area contributed by atoms with Gasteiger partial charge in [-0.05, 0) is 18.6 Å². The van der Waals surface area contributed by atoms with Crippen LogP contribution in [-0.4, -0.2) is 16.6 Å². The van der Waals surface area contributed by atoms with Crippen molar-refractivity contribution in [2.24, 2.45) is 0 Å². The lowest BCUT2D eigenvalue weighted by Gasteiger charge is -2.08. The molecule has 1 rings (SSSR count). The van der Waals surface area contributed by atoms with Crippen molar-refractivity contribution >= 4 is 5.69 Å². The molecular weight excluding hydrogens is 189 g/mol. The molecule has 0 fully saturated rings. The Balaban J connectivity index is 3.14. The maximum absolute atomic E-state index is 13.1. The van der Waals surface area contributed by atoms with E-state index in [9.17, 15) is 14.5 Å². The van der Waals surface area contributed by atoms with Crippen molar-refractivity contribution in [3.8, 4) is 0 Å². The molecule has 0 aromatic heterocycles. The van der Waals surface area contributed by atoms with E-state index in [2.05, 4.69) is 6.92 Å². The van der Waals surface area contributed by atoms with E-state index in [1.54, 1.807) is 0 Å². The van der Waals surface area contributed by atoms with Crippen molar-refractivity contribution in [3.63, 3.8) is 0 Å². The Labute approximate surface area is 80.1 Å². The summed E-state index contributed by atoms with van der Waals surface area (Å²) in [5.74, 6) is -1.28. The maximum Gasteiger partial charge on any atom is 0.269 e. The highest BCUT2D eigenvalue weighted by Gasteiger charge is 2.15. The predicted octanol–water partition coefficient (Wildman–Crippen LogP) is 1.64. The summed E-state index contributed by atoms with van der Waals surface area (Å²) in [4.78, 5) is 9.76. The first-order valence-corrected chi connectivity index (χ1v) is 3.94. The molecular formula is C9H9FNO3. The monoisotopic (exact) mass is 198 g/mol. The van der Waals surface area contributed by atoms with Gasteiger partial charge in [0, 0.05) is 18.1 Å². The van der Waals surface area contributed by atoms with Crippen molar-refractivity contribution in [3.05, 3.63) is 46.6 Å². The van der Waals surface area contributed by atoms with Gasteiger partial charge in [-0.2, -0.15) is 0 Å². The Kier molecular flexibility index (Phi) is 3.14. The molecule has 1 radical (unpaired) electrons. The van der Waals surface area contributed by atoms with E-state index in [0.717, 1.165) is 18.2 Å². The molecule has 0 bridgehead atoms. The highest BCUT2D eigenvalue weighted by molar-refractivity contribution is 5.37. The Hall–Kier alpha value is -1.49. The van der Waals surface area contributed by atoms with Gasteiger partial charge in [-0.25, -0.2) is 4.39 Å². The number of halogens is 1. The summed E-state index contributed by atoms with van der Waals surface area (Å²) in [6.07, 6.45) is 0. The Bertz CT molecular complexity index is 354. The average Bonchev–Trinajstić information content (AvgIpc) is 2.17. The molecule has 0 spiro atoms. The molecule has 0 aliphatic rings. The van der Waals surface area contributed by atoms with Crippen LogP contribution in [-0.2, 0) is 0 Å². The van der Waals surface area contributed by atoms with E-state index in [1.165, 1.54) is 0 Å². The van der Waals surface area contributed by atoms with Gasteiger partial charge < -0.3 is 5.11 Å². The number of non-ortho nitro benzene ring substituents is 1.